The van der Waals surface area contributed by atoms with Crippen molar-refractivity contribution in [3.05, 3.63) is 40.9 Å². The molecule has 30 heavy (non-hydrogen) atoms. The molecule has 0 spiro atoms. The molecule has 1 aromatic heterocycles. The zero-order valence-corrected chi connectivity index (χ0v) is 16.5. The molecule has 0 aliphatic heterocycles. The summed E-state index contributed by atoms with van der Waals surface area (Å²) < 4.78 is 78.8. The van der Waals surface area contributed by atoms with E-state index in [1.807, 2.05) is 0 Å². The van der Waals surface area contributed by atoms with Crippen LogP contribution in [0.5, 0.6) is 5.75 Å². The molecule has 0 aliphatic rings. The zero-order valence-electron chi connectivity index (χ0n) is 15.0. The number of aromatic amines is 1. The average molecular weight is 464 g/mol. The number of nitrogens with one attached hydrogen (secondary N) is 2. The standard InChI is InChI=1S/C16H13ClF3N5O4S/c1-29-11-3-2-7(4-12(11)30(26,27)28)13-9(16(18,19)20)5-8(6-10(13)17)22-15-23-14(21)24-25-15/h2-6H,1H3,(H,26,27,28)(H4,21,22,23,24,25). The van der Waals surface area contributed by atoms with Gasteiger partial charge in [-0.3, -0.25) is 4.55 Å². The van der Waals surface area contributed by atoms with E-state index in [0.29, 0.717) is 0 Å². The third kappa shape index (κ3) is 4.42. The van der Waals surface area contributed by atoms with E-state index in [4.69, 9.17) is 22.1 Å². The number of anilines is 3. The van der Waals surface area contributed by atoms with Gasteiger partial charge < -0.3 is 15.8 Å². The maximum absolute atomic E-state index is 13.8. The van der Waals surface area contributed by atoms with Gasteiger partial charge >= 0.3 is 6.18 Å². The molecule has 1 heterocycles. The van der Waals surface area contributed by atoms with Crippen LogP contribution in [0.3, 0.4) is 0 Å². The monoisotopic (exact) mass is 463 g/mol. The van der Waals surface area contributed by atoms with Crippen LogP contribution in [0.25, 0.3) is 11.1 Å². The van der Waals surface area contributed by atoms with Crippen molar-refractivity contribution in [3.63, 3.8) is 0 Å². The summed E-state index contributed by atoms with van der Waals surface area (Å²) in [5.74, 6) is -0.374. The lowest BCUT2D eigenvalue weighted by Gasteiger charge is -2.18. The molecule has 3 aromatic rings. The van der Waals surface area contributed by atoms with Gasteiger partial charge in [-0.2, -0.15) is 26.6 Å². The molecule has 0 unspecified atom stereocenters. The highest BCUT2D eigenvalue weighted by Gasteiger charge is 2.36. The molecule has 9 nitrogen and oxygen atoms in total. The van der Waals surface area contributed by atoms with E-state index in [1.54, 1.807) is 0 Å². The van der Waals surface area contributed by atoms with Gasteiger partial charge in [0.25, 0.3) is 10.1 Å². The van der Waals surface area contributed by atoms with Crippen LogP contribution in [0.4, 0.5) is 30.8 Å². The molecule has 3 rings (SSSR count). The number of rotatable bonds is 5. The predicted octanol–water partition coefficient (Wildman–Crippen LogP) is 3.72. The lowest BCUT2D eigenvalue weighted by Crippen LogP contribution is -2.09. The lowest BCUT2D eigenvalue weighted by atomic mass is 9.98. The molecular formula is C16H13ClF3N5O4S. The fourth-order valence-corrected chi connectivity index (χ4v) is 3.70. The molecule has 160 valence electrons. The SMILES string of the molecule is COc1ccc(-c2c(Cl)cc(Nc3n[nH]c(N)n3)cc2C(F)(F)F)cc1S(=O)(=O)O. The van der Waals surface area contributed by atoms with Crippen LogP contribution in [-0.2, 0) is 16.3 Å². The van der Waals surface area contributed by atoms with Crippen molar-refractivity contribution in [3.8, 4) is 16.9 Å². The number of H-pyrrole nitrogens is 1. The number of benzene rings is 2. The first kappa shape index (κ1) is 21.7. The third-order valence-electron chi connectivity index (χ3n) is 3.88. The van der Waals surface area contributed by atoms with Crippen molar-refractivity contribution in [2.45, 2.75) is 11.1 Å². The number of halogens is 4. The van der Waals surface area contributed by atoms with Gasteiger partial charge in [0.1, 0.15) is 10.6 Å². The minimum atomic E-state index is -4.85. The summed E-state index contributed by atoms with van der Waals surface area (Å²) in [5, 5.41) is 8.18. The predicted molar refractivity (Wildman–Crippen MR) is 102 cm³/mol. The van der Waals surface area contributed by atoms with Crippen LogP contribution in [0.1, 0.15) is 5.56 Å². The van der Waals surface area contributed by atoms with Gasteiger partial charge in [0.05, 0.1) is 17.7 Å². The van der Waals surface area contributed by atoms with Crippen molar-refractivity contribution >= 4 is 39.3 Å². The highest BCUT2D eigenvalue weighted by Crippen LogP contribution is 2.44. The molecule has 0 bridgehead atoms. The van der Waals surface area contributed by atoms with Crippen molar-refractivity contribution in [2.75, 3.05) is 18.2 Å². The number of methoxy groups -OCH3 is 1. The number of ether oxygens (including phenoxy) is 1. The van der Waals surface area contributed by atoms with E-state index in [2.05, 4.69) is 20.5 Å². The van der Waals surface area contributed by atoms with E-state index in [0.717, 1.165) is 25.3 Å². The van der Waals surface area contributed by atoms with E-state index < -0.39 is 32.3 Å². The Kier molecular flexibility index (Phi) is 5.54. The second-order valence-corrected chi connectivity index (χ2v) is 7.69. The Morgan fingerprint density at radius 1 is 1.27 bits per heavy atom. The summed E-state index contributed by atoms with van der Waals surface area (Å²) in [5.41, 5.74) is 3.45. The average Bonchev–Trinajstić information content (AvgIpc) is 3.04. The van der Waals surface area contributed by atoms with E-state index >= 15 is 0 Å². The Morgan fingerprint density at radius 3 is 2.50 bits per heavy atom. The molecule has 0 aliphatic carbocycles. The number of alkyl halides is 3. The van der Waals surface area contributed by atoms with Crippen LogP contribution < -0.4 is 15.8 Å². The second-order valence-electron chi connectivity index (χ2n) is 5.89. The van der Waals surface area contributed by atoms with Crippen molar-refractivity contribution in [1.29, 1.82) is 0 Å². The molecule has 0 saturated heterocycles. The fraction of sp³-hybridized carbons (Fsp3) is 0.125. The maximum atomic E-state index is 13.8. The molecule has 0 saturated carbocycles. The first-order chi connectivity index (χ1) is 13.9. The van der Waals surface area contributed by atoms with Crippen LogP contribution in [0.2, 0.25) is 5.02 Å². The Labute approximate surface area is 172 Å². The molecule has 0 atom stereocenters. The minimum Gasteiger partial charge on any atom is -0.495 e. The Balaban J connectivity index is 2.20. The first-order valence-electron chi connectivity index (χ1n) is 7.91. The zero-order chi connectivity index (χ0) is 22.3. The quantitative estimate of drug-likeness (QED) is 0.419. The maximum Gasteiger partial charge on any atom is 0.417 e. The Morgan fingerprint density at radius 2 is 1.97 bits per heavy atom. The van der Waals surface area contributed by atoms with Gasteiger partial charge in [-0.1, -0.05) is 17.7 Å². The molecule has 5 N–H and O–H groups in total. The third-order valence-corrected chi connectivity index (χ3v) is 5.06. The number of hydrogen-bond donors (Lipinski definition) is 4. The van der Waals surface area contributed by atoms with E-state index in [-0.39, 0.29) is 33.9 Å². The Hall–Kier alpha value is -3.03. The van der Waals surface area contributed by atoms with E-state index in [9.17, 15) is 26.1 Å². The van der Waals surface area contributed by atoms with Crippen molar-refractivity contribution in [2.24, 2.45) is 0 Å². The highest BCUT2D eigenvalue weighted by atomic mass is 35.5. The molecule has 0 radical (unpaired) electrons. The number of hydrogen-bond acceptors (Lipinski definition) is 7. The number of aromatic nitrogens is 3. The molecule has 0 fully saturated rings. The van der Waals surface area contributed by atoms with Gasteiger partial charge in [0, 0.05) is 11.3 Å². The number of nitrogens with two attached hydrogens (primary N) is 1. The van der Waals surface area contributed by atoms with Crippen LogP contribution >= 0.6 is 11.6 Å². The van der Waals surface area contributed by atoms with Crippen molar-refractivity contribution < 1.29 is 30.9 Å². The summed E-state index contributed by atoms with van der Waals surface area (Å²) in [6.07, 6.45) is -4.85. The fourth-order valence-electron chi connectivity index (χ4n) is 2.69. The van der Waals surface area contributed by atoms with Crippen LogP contribution in [-0.4, -0.2) is 35.3 Å². The lowest BCUT2D eigenvalue weighted by molar-refractivity contribution is -0.137. The van der Waals surface area contributed by atoms with Gasteiger partial charge in [0.2, 0.25) is 11.9 Å². The van der Waals surface area contributed by atoms with Crippen LogP contribution in [0.15, 0.2) is 35.2 Å². The van der Waals surface area contributed by atoms with Gasteiger partial charge in [-0.15, -0.1) is 5.10 Å². The van der Waals surface area contributed by atoms with E-state index in [1.165, 1.54) is 12.1 Å². The van der Waals surface area contributed by atoms with Gasteiger partial charge in [-0.05, 0) is 29.8 Å². The number of nitrogen functional groups attached to an aromatic ring is 1. The normalized spacial score (nSPS) is 12.1. The smallest absolute Gasteiger partial charge is 0.417 e. The summed E-state index contributed by atoms with van der Waals surface area (Å²) >= 11 is 6.13. The molecular weight excluding hydrogens is 451 g/mol. The summed E-state index contributed by atoms with van der Waals surface area (Å²) in [6, 6.07) is 5.07. The molecule has 0 amide bonds. The largest absolute Gasteiger partial charge is 0.495 e. The summed E-state index contributed by atoms with van der Waals surface area (Å²) in [7, 11) is -3.63. The highest BCUT2D eigenvalue weighted by molar-refractivity contribution is 7.86. The van der Waals surface area contributed by atoms with Crippen LogP contribution in [0, 0.1) is 0 Å². The Bertz CT molecular complexity index is 1210. The topological polar surface area (TPSA) is 143 Å². The summed E-state index contributed by atoms with van der Waals surface area (Å²) in [4.78, 5) is 3.03. The van der Waals surface area contributed by atoms with Gasteiger partial charge in [0.15, 0.2) is 0 Å². The van der Waals surface area contributed by atoms with Gasteiger partial charge in [-0.25, -0.2) is 5.10 Å². The summed E-state index contributed by atoms with van der Waals surface area (Å²) in [6.45, 7) is 0. The first-order valence-corrected chi connectivity index (χ1v) is 9.73. The minimum absolute atomic E-state index is 0.0489. The van der Waals surface area contributed by atoms with Crippen molar-refractivity contribution in [1.82, 2.24) is 15.2 Å². The second kappa shape index (κ2) is 7.66. The number of nitrogens with zero attached hydrogens (tertiary/aromatic N) is 2. The molecule has 2 aromatic carbocycles. The molecule has 14 heteroatoms.